The monoisotopic (exact) mass is 196 g/mol. The Kier molecular flexibility index (Phi) is 1.90. The van der Waals surface area contributed by atoms with E-state index < -0.39 is 23.0 Å². The molecule has 1 aliphatic carbocycles. The van der Waals surface area contributed by atoms with E-state index in [1.165, 1.54) is 0 Å². The van der Waals surface area contributed by atoms with E-state index in [1.54, 1.807) is 0 Å². The minimum Gasteiger partial charge on any atom is -0.481 e. The lowest BCUT2D eigenvalue weighted by atomic mass is 9.75. The highest BCUT2D eigenvalue weighted by Gasteiger charge is 2.70. The van der Waals surface area contributed by atoms with Crippen LogP contribution in [-0.2, 0) is 4.79 Å². The molecule has 0 spiro atoms. The summed E-state index contributed by atoms with van der Waals surface area (Å²) in [5, 5.41) is 8.70. The van der Waals surface area contributed by atoms with Gasteiger partial charge in [0.1, 0.15) is 0 Å². The third-order valence-electron chi connectivity index (χ3n) is 3.06. The Labute approximate surface area is 73.7 Å². The number of carboxylic acid groups (broad SMARTS) is 1. The first-order valence-electron chi connectivity index (χ1n) is 3.95. The van der Waals surface area contributed by atoms with E-state index in [0.717, 1.165) is 13.8 Å². The minimum absolute atomic E-state index is 0.120. The molecule has 1 saturated carbocycles. The summed E-state index contributed by atoms with van der Waals surface area (Å²) in [4.78, 5) is 10.7. The van der Waals surface area contributed by atoms with Gasteiger partial charge in [-0.3, -0.25) is 4.79 Å². The number of hydrogen-bond acceptors (Lipinski definition) is 1. The zero-order valence-electron chi connectivity index (χ0n) is 7.40. The summed E-state index contributed by atoms with van der Waals surface area (Å²) in [5.41, 5.74) is -3.71. The van der Waals surface area contributed by atoms with Gasteiger partial charge in [0.15, 0.2) is 0 Å². The molecule has 1 N–H and O–H groups in total. The van der Waals surface area contributed by atoms with Gasteiger partial charge < -0.3 is 5.11 Å². The number of carbonyl (C=O) groups is 1. The van der Waals surface area contributed by atoms with Crippen LogP contribution in [0.4, 0.5) is 13.2 Å². The van der Waals surface area contributed by atoms with Crippen molar-refractivity contribution in [2.75, 3.05) is 0 Å². The summed E-state index contributed by atoms with van der Waals surface area (Å²) < 4.78 is 37.4. The quantitative estimate of drug-likeness (QED) is 0.736. The summed E-state index contributed by atoms with van der Waals surface area (Å²) in [7, 11) is 0. The first-order valence-corrected chi connectivity index (χ1v) is 3.95. The van der Waals surface area contributed by atoms with Crippen molar-refractivity contribution in [3.8, 4) is 0 Å². The van der Waals surface area contributed by atoms with Crippen molar-refractivity contribution in [2.45, 2.75) is 32.9 Å². The molecule has 2 nitrogen and oxygen atoms in total. The fourth-order valence-electron chi connectivity index (χ4n) is 1.50. The van der Waals surface area contributed by atoms with E-state index in [-0.39, 0.29) is 12.8 Å². The molecule has 0 aromatic rings. The fraction of sp³-hybridized carbons (Fsp3) is 0.875. The number of halogens is 3. The van der Waals surface area contributed by atoms with Crippen LogP contribution in [0.3, 0.4) is 0 Å². The van der Waals surface area contributed by atoms with Crippen molar-refractivity contribution in [3.63, 3.8) is 0 Å². The first kappa shape index (κ1) is 10.3. The Morgan fingerprint density at radius 1 is 1.31 bits per heavy atom. The molecule has 0 aliphatic heterocycles. The van der Waals surface area contributed by atoms with Gasteiger partial charge in [0.2, 0.25) is 0 Å². The van der Waals surface area contributed by atoms with E-state index in [2.05, 4.69) is 0 Å². The van der Waals surface area contributed by atoms with E-state index in [1.807, 2.05) is 0 Å². The van der Waals surface area contributed by atoms with Gasteiger partial charge in [-0.05, 0) is 12.8 Å². The zero-order valence-corrected chi connectivity index (χ0v) is 7.40. The molecule has 5 heteroatoms. The predicted octanol–water partition coefficient (Wildman–Crippen LogP) is 2.44. The second-order valence-electron chi connectivity index (χ2n) is 4.01. The second kappa shape index (κ2) is 2.39. The molecule has 0 radical (unpaired) electrons. The van der Waals surface area contributed by atoms with Gasteiger partial charge >= 0.3 is 12.1 Å². The SMILES string of the molecule is CC(C)(C(F)(F)F)C1(C(=O)O)CC1. The van der Waals surface area contributed by atoms with Crippen molar-refractivity contribution in [1.82, 2.24) is 0 Å². The number of rotatable bonds is 2. The van der Waals surface area contributed by atoms with Gasteiger partial charge in [0, 0.05) is 0 Å². The van der Waals surface area contributed by atoms with Gasteiger partial charge in [0.05, 0.1) is 10.8 Å². The number of hydrogen-bond donors (Lipinski definition) is 1. The fourth-order valence-corrected chi connectivity index (χ4v) is 1.50. The maximum atomic E-state index is 12.5. The van der Waals surface area contributed by atoms with Gasteiger partial charge in [-0.2, -0.15) is 13.2 Å². The maximum Gasteiger partial charge on any atom is 0.395 e. The van der Waals surface area contributed by atoms with Crippen LogP contribution in [0.2, 0.25) is 0 Å². The average molecular weight is 196 g/mol. The van der Waals surface area contributed by atoms with Crippen molar-refractivity contribution in [3.05, 3.63) is 0 Å². The summed E-state index contributed by atoms with van der Waals surface area (Å²) in [6.45, 7) is 1.91. The third-order valence-corrected chi connectivity index (χ3v) is 3.06. The smallest absolute Gasteiger partial charge is 0.395 e. The standard InChI is InChI=1S/C8H11F3O2/c1-6(2,8(9,10)11)7(3-4-7)5(12)13/h3-4H2,1-2H3,(H,12,13). The van der Waals surface area contributed by atoms with E-state index in [4.69, 9.17) is 5.11 Å². The van der Waals surface area contributed by atoms with Crippen molar-refractivity contribution in [1.29, 1.82) is 0 Å². The van der Waals surface area contributed by atoms with Crippen molar-refractivity contribution >= 4 is 5.97 Å². The molecule has 1 aliphatic rings. The van der Waals surface area contributed by atoms with Crippen molar-refractivity contribution in [2.24, 2.45) is 10.8 Å². The summed E-state index contributed by atoms with van der Waals surface area (Å²) >= 11 is 0. The first-order chi connectivity index (χ1) is 5.65. The zero-order chi connectivity index (χ0) is 10.5. The molecule has 13 heavy (non-hydrogen) atoms. The van der Waals surface area contributed by atoms with E-state index in [9.17, 15) is 18.0 Å². The Balaban J connectivity index is 3.00. The van der Waals surface area contributed by atoms with Crippen LogP contribution in [0, 0.1) is 10.8 Å². The lowest BCUT2D eigenvalue weighted by Crippen LogP contribution is -2.44. The molecule has 1 fully saturated rings. The minimum atomic E-state index is -4.46. The largest absolute Gasteiger partial charge is 0.481 e. The lowest BCUT2D eigenvalue weighted by Gasteiger charge is -2.33. The highest BCUT2D eigenvalue weighted by atomic mass is 19.4. The van der Waals surface area contributed by atoms with E-state index >= 15 is 0 Å². The van der Waals surface area contributed by atoms with Crippen LogP contribution in [0.15, 0.2) is 0 Å². The molecule has 0 saturated heterocycles. The molecule has 1 rings (SSSR count). The number of carboxylic acids is 1. The molecule has 0 heterocycles. The summed E-state index contributed by atoms with van der Waals surface area (Å²) in [5.74, 6) is -1.34. The van der Waals surface area contributed by atoms with E-state index in [0.29, 0.717) is 0 Å². The average Bonchev–Trinajstić information content (AvgIpc) is 2.61. The molecular weight excluding hydrogens is 185 g/mol. The van der Waals surface area contributed by atoms with Crippen LogP contribution in [0.1, 0.15) is 26.7 Å². The second-order valence-corrected chi connectivity index (χ2v) is 4.01. The Morgan fingerprint density at radius 2 is 1.69 bits per heavy atom. The van der Waals surface area contributed by atoms with Crippen molar-refractivity contribution < 1.29 is 23.1 Å². The van der Waals surface area contributed by atoms with Gasteiger partial charge in [-0.1, -0.05) is 13.8 Å². The van der Waals surface area contributed by atoms with Crippen LogP contribution in [0.25, 0.3) is 0 Å². The van der Waals surface area contributed by atoms with Crippen LogP contribution >= 0.6 is 0 Å². The molecular formula is C8H11F3O2. The van der Waals surface area contributed by atoms with Gasteiger partial charge in [0.25, 0.3) is 0 Å². The third kappa shape index (κ3) is 1.21. The Morgan fingerprint density at radius 3 is 1.77 bits per heavy atom. The lowest BCUT2D eigenvalue weighted by molar-refractivity contribution is -0.237. The Hall–Kier alpha value is -0.740. The topological polar surface area (TPSA) is 37.3 Å². The molecule has 0 atom stereocenters. The number of aliphatic carboxylic acids is 1. The van der Waals surface area contributed by atoms with Gasteiger partial charge in [-0.25, -0.2) is 0 Å². The predicted molar refractivity (Wildman–Crippen MR) is 39.1 cm³/mol. The van der Waals surface area contributed by atoms with Crippen LogP contribution in [-0.4, -0.2) is 17.3 Å². The molecule has 0 aromatic carbocycles. The maximum absolute atomic E-state index is 12.5. The molecule has 0 amide bonds. The molecule has 0 bridgehead atoms. The summed E-state index contributed by atoms with van der Waals surface area (Å²) in [6, 6.07) is 0. The van der Waals surface area contributed by atoms with Crippen LogP contribution < -0.4 is 0 Å². The molecule has 0 unspecified atom stereocenters. The highest BCUT2D eigenvalue weighted by Crippen LogP contribution is 2.64. The highest BCUT2D eigenvalue weighted by molar-refractivity contribution is 5.79. The van der Waals surface area contributed by atoms with Crippen LogP contribution in [0.5, 0.6) is 0 Å². The summed E-state index contributed by atoms with van der Waals surface area (Å²) in [6.07, 6.45) is -4.22. The number of alkyl halides is 3. The molecule has 76 valence electrons. The van der Waals surface area contributed by atoms with Gasteiger partial charge in [-0.15, -0.1) is 0 Å². The Bertz CT molecular complexity index is 238. The normalized spacial score (nSPS) is 21.3. The molecule has 0 aromatic heterocycles.